The van der Waals surface area contributed by atoms with Gasteiger partial charge in [-0.2, -0.15) is 0 Å². The lowest BCUT2D eigenvalue weighted by Gasteiger charge is -2.07. The number of pyridine rings is 2. The molecule has 20 heavy (non-hydrogen) atoms. The van der Waals surface area contributed by atoms with E-state index in [1.807, 2.05) is 6.07 Å². The number of nitrogens with one attached hydrogen (secondary N) is 1. The second-order valence-electron chi connectivity index (χ2n) is 3.92. The van der Waals surface area contributed by atoms with E-state index in [1.165, 1.54) is 12.3 Å². The van der Waals surface area contributed by atoms with Gasteiger partial charge >= 0.3 is 5.97 Å². The van der Waals surface area contributed by atoms with Crippen LogP contribution in [-0.4, -0.2) is 28.2 Å². The highest BCUT2D eigenvalue weighted by Crippen LogP contribution is 2.18. The minimum absolute atomic E-state index is 0.0111. The van der Waals surface area contributed by atoms with Gasteiger partial charge in [0.25, 0.3) is 0 Å². The van der Waals surface area contributed by atoms with Crippen molar-refractivity contribution in [1.29, 1.82) is 0 Å². The Kier molecular flexibility index (Phi) is 4.37. The lowest BCUT2D eigenvalue weighted by molar-refractivity contribution is 0.0697. The van der Waals surface area contributed by atoms with Gasteiger partial charge in [0, 0.05) is 25.0 Å². The van der Waals surface area contributed by atoms with E-state index in [4.69, 9.17) is 21.4 Å². The SMILES string of the molecule is COc1ccc(CNc2cc(C(=O)O)c(Cl)cn2)cn1. The van der Waals surface area contributed by atoms with Gasteiger partial charge in [-0.3, -0.25) is 0 Å². The summed E-state index contributed by atoms with van der Waals surface area (Å²) in [6, 6.07) is 4.99. The number of aromatic carboxylic acids is 1. The van der Waals surface area contributed by atoms with Crippen molar-refractivity contribution in [3.05, 3.63) is 46.7 Å². The van der Waals surface area contributed by atoms with Crippen LogP contribution < -0.4 is 10.1 Å². The van der Waals surface area contributed by atoms with E-state index in [1.54, 1.807) is 19.4 Å². The van der Waals surface area contributed by atoms with Crippen molar-refractivity contribution in [3.8, 4) is 5.88 Å². The Balaban J connectivity index is 2.06. The van der Waals surface area contributed by atoms with Gasteiger partial charge < -0.3 is 15.2 Å². The minimum atomic E-state index is -1.09. The molecule has 2 aromatic rings. The van der Waals surface area contributed by atoms with Crippen LogP contribution in [0.25, 0.3) is 0 Å². The summed E-state index contributed by atoms with van der Waals surface area (Å²) in [5, 5.41) is 12.1. The summed E-state index contributed by atoms with van der Waals surface area (Å²) in [5.74, 6) is -0.124. The van der Waals surface area contributed by atoms with E-state index >= 15 is 0 Å². The highest BCUT2D eigenvalue weighted by molar-refractivity contribution is 6.33. The van der Waals surface area contributed by atoms with Crippen LogP contribution in [0.5, 0.6) is 5.88 Å². The number of halogens is 1. The Morgan fingerprint density at radius 3 is 2.80 bits per heavy atom. The monoisotopic (exact) mass is 293 g/mol. The molecule has 2 N–H and O–H groups in total. The second-order valence-corrected chi connectivity index (χ2v) is 4.32. The molecule has 0 unspecified atom stereocenters. The number of ether oxygens (including phenoxy) is 1. The topological polar surface area (TPSA) is 84.3 Å². The maximum atomic E-state index is 11.0. The third-order valence-corrected chi connectivity index (χ3v) is 2.87. The summed E-state index contributed by atoms with van der Waals surface area (Å²) in [7, 11) is 1.55. The number of nitrogens with zero attached hydrogens (tertiary/aromatic N) is 2. The highest BCUT2D eigenvalue weighted by atomic mass is 35.5. The van der Waals surface area contributed by atoms with Crippen molar-refractivity contribution in [3.63, 3.8) is 0 Å². The smallest absolute Gasteiger partial charge is 0.337 e. The Morgan fingerprint density at radius 2 is 2.20 bits per heavy atom. The molecule has 6 nitrogen and oxygen atoms in total. The molecule has 0 aliphatic carbocycles. The molecular formula is C13H12ClN3O3. The predicted molar refractivity (Wildman–Crippen MR) is 74.3 cm³/mol. The van der Waals surface area contributed by atoms with Crippen LogP contribution in [0.4, 0.5) is 5.82 Å². The summed E-state index contributed by atoms with van der Waals surface area (Å²) >= 11 is 5.75. The van der Waals surface area contributed by atoms with Gasteiger partial charge in [0.1, 0.15) is 5.82 Å². The number of hydrogen-bond donors (Lipinski definition) is 2. The molecule has 0 aliphatic heterocycles. The molecule has 0 bridgehead atoms. The molecular weight excluding hydrogens is 282 g/mol. The van der Waals surface area contributed by atoms with Crippen LogP contribution in [0.1, 0.15) is 15.9 Å². The lowest BCUT2D eigenvalue weighted by atomic mass is 10.2. The number of carbonyl (C=O) groups is 1. The molecule has 0 radical (unpaired) electrons. The van der Waals surface area contributed by atoms with Gasteiger partial charge in [-0.05, 0) is 11.6 Å². The van der Waals surface area contributed by atoms with Crippen molar-refractivity contribution >= 4 is 23.4 Å². The minimum Gasteiger partial charge on any atom is -0.481 e. The van der Waals surface area contributed by atoms with Crippen LogP contribution in [0.3, 0.4) is 0 Å². The van der Waals surface area contributed by atoms with Gasteiger partial charge in [0.05, 0.1) is 17.7 Å². The summed E-state index contributed by atoms with van der Waals surface area (Å²) in [6.45, 7) is 0.463. The Bertz CT molecular complexity index is 617. The molecule has 2 heterocycles. The molecule has 7 heteroatoms. The fraction of sp³-hybridized carbons (Fsp3) is 0.154. The predicted octanol–water partition coefficient (Wildman–Crippen LogP) is 2.45. The first-order chi connectivity index (χ1) is 9.60. The molecule has 0 fully saturated rings. The fourth-order valence-corrected chi connectivity index (χ4v) is 1.71. The first-order valence-corrected chi connectivity index (χ1v) is 6.09. The van der Waals surface area contributed by atoms with Crippen LogP contribution in [0.15, 0.2) is 30.6 Å². The number of carboxylic acid groups (broad SMARTS) is 1. The number of methoxy groups -OCH3 is 1. The highest BCUT2D eigenvalue weighted by Gasteiger charge is 2.10. The average molecular weight is 294 g/mol. The zero-order valence-electron chi connectivity index (χ0n) is 10.6. The zero-order valence-corrected chi connectivity index (χ0v) is 11.4. The van der Waals surface area contributed by atoms with Gasteiger partial charge in [-0.15, -0.1) is 0 Å². The van der Waals surface area contributed by atoms with E-state index in [-0.39, 0.29) is 10.6 Å². The maximum absolute atomic E-state index is 11.0. The van der Waals surface area contributed by atoms with Crippen molar-refractivity contribution in [2.45, 2.75) is 6.54 Å². The third-order valence-electron chi connectivity index (χ3n) is 2.57. The first-order valence-electron chi connectivity index (χ1n) is 5.72. The molecule has 0 aromatic carbocycles. The standard InChI is InChI=1S/C13H12ClN3O3/c1-20-12-3-2-8(6-17-12)5-15-11-4-9(13(18)19)10(14)7-16-11/h2-4,6-7H,5H2,1H3,(H,15,16)(H,18,19). The third kappa shape index (κ3) is 3.36. The number of rotatable bonds is 5. The lowest BCUT2D eigenvalue weighted by Crippen LogP contribution is -2.05. The molecule has 0 saturated carbocycles. The number of anilines is 1. The molecule has 2 aromatic heterocycles. The van der Waals surface area contributed by atoms with E-state index < -0.39 is 5.97 Å². The molecule has 0 saturated heterocycles. The number of carboxylic acids is 1. The summed E-state index contributed by atoms with van der Waals surface area (Å²) in [5.41, 5.74) is 0.927. The summed E-state index contributed by atoms with van der Waals surface area (Å²) < 4.78 is 4.96. The molecule has 0 spiro atoms. The van der Waals surface area contributed by atoms with E-state index in [0.717, 1.165) is 5.56 Å². The van der Waals surface area contributed by atoms with E-state index in [2.05, 4.69) is 15.3 Å². The van der Waals surface area contributed by atoms with E-state index in [0.29, 0.717) is 18.2 Å². The first kappa shape index (κ1) is 14.1. The van der Waals surface area contributed by atoms with Crippen molar-refractivity contribution < 1.29 is 14.6 Å². The van der Waals surface area contributed by atoms with Crippen molar-refractivity contribution in [1.82, 2.24) is 9.97 Å². The summed E-state index contributed by atoms with van der Waals surface area (Å²) in [6.07, 6.45) is 2.97. The average Bonchev–Trinajstić information content (AvgIpc) is 2.46. The zero-order chi connectivity index (χ0) is 14.5. The van der Waals surface area contributed by atoms with Gasteiger partial charge in [-0.1, -0.05) is 17.7 Å². The Morgan fingerprint density at radius 1 is 1.40 bits per heavy atom. The van der Waals surface area contributed by atoms with Crippen LogP contribution >= 0.6 is 11.6 Å². The molecule has 0 atom stereocenters. The van der Waals surface area contributed by atoms with E-state index in [9.17, 15) is 4.79 Å². The van der Waals surface area contributed by atoms with Crippen molar-refractivity contribution in [2.75, 3.05) is 12.4 Å². The van der Waals surface area contributed by atoms with Crippen LogP contribution in [-0.2, 0) is 6.54 Å². The molecule has 0 aliphatic rings. The van der Waals surface area contributed by atoms with Gasteiger partial charge in [-0.25, -0.2) is 14.8 Å². The van der Waals surface area contributed by atoms with Gasteiger partial charge in [0.15, 0.2) is 0 Å². The van der Waals surface area contributed by atoms with Gasteiger partial charge in [0.2, 0.25) is 5.88 Å². The molecule has 104 valence electrons. The fourth-order valence-electron chi connectivity index (χ4n) is 1.53. The second kappa shape index (κ2) is 6.21. The Hall–Kier alpha value is -2.34. The van der Waals surface area contributed by atoms with Crippen molar-refractivity contribution in [2.24, 2.45) is 0 Å². The molecule has 2 rings (SSSR count). The normalized spacial score (nSPS) is 10.1. The summed E-state index contributed by atoms with van der Waals surface area (Å²) in [4.78, 5) is 19.0. The number of aromatic nitrogens is 2. The van der Waals surface area contributed by atoms with Crippen LogP contribution in [0.2, 0.25) is 5.02 Å². The quantitative estimate of drug-likeness (QED) is 0.881. The van der Waals surface area contributed by atoms with Crippen LogP contribution in [0, 0.1) is 0 Å². The largest absolute Gasteiger partial charge is 0.481 e. The maximum Gasteiger partial charge on any atom is 0.337 e. The molecule has 0 amide bonds. The number of hydrogen-bond acceptors (Lipinski definition) is 5. The Labute approximate surface area is 120 Å².